The minimum absolute atomic E-state index is 0.334. The van der Waals surface area contributed by atoms with Gasteiger partial charge in [-0.3, -0.25) is 0 Å². The van der Waals surface area contributed by atoms with Crippen molar-refractivity contribution >= 4 is 22.4 Å². The molecule has 0 aliphatic heterocycles. The molecule has 0 atom stereocenters. The van der Waals surface area contributed by atoms with Gasteiger partial charge in [-0.2, -0.15) is 0 Å². The molecule has 4 N–H and O–H groups in total. The van der Waals surface area contributed by atoms with Crippen molar-refractivity contribution in [3.63, 3.8) is 0 Å². The predicted octanol–water partition coefficient (Wildman–Crippen LogP) is 2.37. The van der Waals surface area contributed by atoms with E-state index in [0.717, 1.165) is 16.6 Å². The highest BCUT2D eigenvalue weighted by molar-refractivity contribution is 5.78. The van der Waals surface area contributed by atoms with Crippen LogP contribution in [0.4, 0.5) is 11.5 Å². The van der Waals surface area contributed by atoms with E-state index in [2.05, 4.69) is 9.97 Å². The van der Waals surface area contributed by atoms with Gasteiger partial charge in [-0.25, -0.2) is 9.97 Å². The number of hydrogen-bond acceptors (Lipinski definition) is 5. The number of anilines is 2. The van der Waals surface area contributed by atoms with Crippen molar-refractivity contribution in [3.8, 4) is 5.75 Å². The van der Waals surface area contributed by atoms with Gasteiger partial charge < -0.3 is 16.2 Å². The molecule has 1 aromatic carbocycles. The quantitative estimate of drug-likeness (QED) is 0.760. The van der Waals surface area contributed by atoms with Crippen LogP contribution in [0, 0.1) is 0 Å². The zero-order valence-electron chi connectivity index (χ0n) is 10.8. The van der Waals surface area contributed by atoms with Crippen LogP contribution in [0.1, 0.15) is 5.69 Å². The lowest BCUT2D eigenvalue weighted by Gasteiger charge is -2.09. The van der Waals surface area contributed by atoms with Crippen molar-refractivity contribution in [1.29, 1.82) is 0 Å². The summed E-state index contributed by atoms with van der Waals surface area (Å²) in [5.74, 6) is 0.882. The molecule has 0 amide bonds. The summed E-state index contributed by atoms with van der Waals surface area (Å²) >= 11 is 0. The molecule has 5 heteroatoms. The first-order chi connectivity index (χ1) is 9.72. The van der Waals surface area contributed by atoms with E-state index < -0.39 is 0 Å². The molecule has 0 radical (unpaired) electrons. The molecule has 0 spiro atoms. The Bertz CT molecular complexity index is 758. The number of ether oxygens (including phenoxy) is 1. The van der Waals surface area contributed by atoms with Crippen LogP contribution in [0.25, 0.3) is 10.9 Å². The molecule has 0 unspecified atom stereocenters. The second-order valence-corrected chi connectivity index (χ2v) is 4.43. The van der Waals surface area contributed by atoms with Crippen LogP contribution in [0.2, 0.25) is 0 Å². The number of para-hydroxylation sites is 1. The Balaban J connectivity index is 1.79. The Labute approximate surface area is 116 Å². The minimum atomic E-state index is 0.334. The standard InChI is InChI=1S/C15H14N4O/c16-12-7-15(17)18-8-14(12)20-9-11-6-5-10-3-1-2-4-13(10)19-11/h1-8H,9H2,(H4,16,17,18). The first-order valence-corrected chi connectivity index (χ1v) is 6.21. The number of nitrogens with two attached hydrogens (primary N) is 2. The van der Waals surface area contributed by atoms with Gasteiger partial charge in [0.15, 0.2) is 5.75 Å². The summed E-state index contributed by atoms with van der Waals surface area (Å²) < 4.78 is 5.62. The summed E-state index contributed by atoms with van der Waals surface area (Å²) in [7, 11) is 0. The maximum Gasteiger partial charge on any atom is 0.161 e. The van der Waals surface area contributed by atoms with Gasteiger partial charge in [0.1, 0.15) is 12.4 Å². The largest absolute Gasteiger partial charge is 0.484 e. The minimum Gasteiger partial charge on any atom is -0.484 e. The van der Waals surface area contributed by atoms with Crippen LogP contribution in [0.3, 0.4) is 0 Å². The number of rotatable bonds is 3. The van der Waals surface area contributed by atoms with E-state index in [0.29, 0.717) is 23.9 Å². The van der Waals surface area contributed by atoms with Gasteiger partial charge >= 0.3 is 0 Å². The molecule has 2 aromatic heterocycles. The third-order valence-corrected chi connectivity index (χ3v) is 2.95. The van der Waals surface area contributed by atoms with Gasteiger partial charge in [-0.15, -0.1) is 0 Å². The third kappa shape index (κ3) is 2.47. The fourth-order valence-corrected chi connectivity index (χ4v) is 1.94. The van der Waals surface area contributed by atoms with Gasteiger partial charge in [-0.1, -0.05) is 24.3 Å². The fourth-order valence-electron chi connectivity index (χ4n) is 1.94. The van der Waals surface area contributed by atoms with Crippen LogP contribution in [0.15, 0.2) is 48.7 Å². The van der Waals surface area contributed by atoms with Crippen molar-refractivity contribution in [2.75, 3.05) is 11.5 Å². The third-order valence-electron chi connectivity index (χ3n) is 2.95. The number of benzene rings is 1. The van der Waals surface area contributed by atoms with E-state index in [1.807, 2.05) is 36.4 Å². The highest BCUT2D eigenvalue weighted by Gasteiger charge is 2.04. The summed E-state index contributed by atoms with van der Waals surface area (Å²) in [6, 6.07) is 13.5. The zero-order chi connectivity index (χ0) is 13.9. The Kier molecular flexibility index (Phi) is 3.09. The van der Waals surface area contributed by atoms with Crippen LogP contribution < -0.4 is 16.2 Å². The Hall–Kier alpha value is -2.82. The molecular weight excluding hydrogens is 252 g/mol. The van der Waals surface area contributed by atoms with Crippen molar-refractivity contribution < 1.29 is 4.74 Å². The Morgan fingerprint density at radius 1 is 1.05 bits per heavy atom. The summed E-state index contributed by atoms with van der Waals surface area (Å²) in [5, 5.41) is 1.10. The second-order valence-electron chi connectivity index (χ2n) is 4.43. The lowest BCUT2D eigenvalue weighted by atomic mass is 10.2. The summed E-state index contributed by atoms with van der Waals surface area (Å²) in [6.07, 6.45) is 1.52. The van der Waals surface area contributed by atoms with Crippen molar-refractivity contribution in [1.82, 2.24) is 9.97 Å². The lowest BCUT2D eigenvalue weighted by Crippen LogP contribution is -2.02. The van der Waals surface area contributed by atoms with Crippen LogP contribution in [-0.2, 0) is 6.61 Å². The molecule has 0 fully saturated rings. The number of nitrogen functional groups attached to an aromatic ring is 2. The number of fused-ring (bicyclic) bond motifs is 1. The predicted molar refractivity (Wildman–Crippen MR) is 79.1 cm³/mol. The first-order valence-electron chi connectivity index (χ1n) is 6.21. The summed E-state index contributed by atoms with van der Waals surface area (Å²) in [4.78, 5) is 8.48. The number of aromatic nitrogens is 2. The SMILES string of the molecule is Nc1cc(N)c(OCc2ccc3ccccc3n2)cn1. The molecule has 0 aliphatic rings. The van der Waals surface area contributed by atoms with E-state index in [4.69, 9.17) is 16.2 Å². The Morgan fingerprint density at radius 2 is 1.90 bits per heavy atom. The van der Waals surface area contributed by atoms with Crippen LogP contribution in [-0.4, -0.2) is 9.97 Å². The molecule has 5 nitrogen and oxygen atoms in total. The molecule has 3 aromatic rings. The maximum absolute atomic E-state index is 5.81. The molecule has 0 saturated carbocycles. The smallest absolute Gasteiger partial charge is 0.161 e. The number of nitrogens with zero attached hydrogens (tertiary/aromatic N) is 2. The van der Waals surface area contributed by atoms with Crippen LogP contribution >= 0.6 is 0 Å². The van der Waals surface area contributed by atoms with Crippen molar-refractivity contribution in [3.05, 3.63) is 54.4 Å². The molecule has 3 rings (SSSR count). The summed E-state index contributed by atoms with van der Waals surface area (Å²) in [6.45, 7) is 0.334. The monoisotopic (exact) mass is 266 g/mol. The highest BCUT2D eigenvalue weighted by atomic mass is 16.5. The molecule has 0 bridgehead atoms. The van der Waals surface area contributed by atoms with Gasteiger partial charge in [0.2, 0.25) is 0 Å². The molecule has 20 heavy (non-hydrogen) atoms. The number of pyridine rings is 2. The second kappa shape index (κ2) is 5.05. The van der Waals surface area contributed by atoms with Crippen LogP contribution in [0.5, 0.6) is 5.75 Å². The van der Waals surface area contributed by atoms with E-state index in [9.17, 15) is 0 Å². The van der Waals surface area contributed by atoms with E-state index >= 15 is 0 Å². The van der Waals surface area contributed by atoms with Gasteiger partial charge in [0, 0.05) is 11.5 Å². The topological polar surface area (TPSA) is 87.0 Å². The molecule has 2 heterocycles. The maximum atomic E-state index is 5.81. The summed E-state index contributed by atoms with van der Waals surface area (Å²) in [5.41, 5.74) is 13.6. The average molecular weight is 266 g/mol. The average Bonchev–Trinajstić information content (AvgIpc) is 2.46. The van der Waals surface area contributed by atoms with E-state index in [-0.39, 0.29) is 0 Å². The highest BCUT2D eigenvalue weighted by Crippen LogP contribution is 2.22. The number of hydrogen-bond donors (Lipinski definition) is 2. The Morgan fingerprint density at radius 3 is 2.75 bits per heavy atom. The van der Waals surface area contributed by atoms with E-state index in [1.54, 1.807) is 6.07 Å². The van der Waals surface area contributed by atoms with Crippen molar-refractivity contribution in [2.45, 2.75) is 6.61 Å². The van der Waals surface area contributed by atoms with Crippen molar-refractivity contribution in [2.24, 2.45) is 0 Å². The molecular formula is C15H14N4O. The first kappa shape index (κ1) is 12.2. The molecule has 0 aliphatic carbocycles. The normalized spacial score (nSPS) is 10.6. The molecule has 0 saturated heterocycles. The zero-order valence-corrected chi connectivity index (χ0v) is 10.8. The van der Waals surface area contributed by atoms with Gasteiger partial charge in [-0.05, 0) is 12.1 Å². The lowest BCUT2D eigenvalue weighted by molar-refractivity contribution is 0.302. The fraction of sp³-hybridized carbons (Fsp3) is 0.0667. The van der Waals surface area contributed by atoms with Gasteiger partial charge in [0.25, 0.3) is 0 Å². The van der Waals surface area contributed by atoms with Gasteiger partial charge in [0.05, 0.1) is 23.1 Å². The van der Waals surface area contributed by atoms with E-state index in [1.165, 1.54) is 6.20 Å². The molecule has 100 valence electrons.